The van der Waals surface area contributed by atoms with Crippen molar-refractivity contribution in [1.29, 1.82) is 5.26 Å². The van der Waals surface area contributed by atoms with Gasteiger partial charge in [0.15, 0.2) is 0 Å². The van der Waals surface area contributed by atoms with Crippen molar-refractivity contribution in [3.05, 3.63) is 81.7 Å². The van der Waals surface area contributed by atoms with Crippen molar-refractivity contribution in [1.82, 2.24) is 4.57 Å². The highest BCUT2D eigenvalue weighted by Gasteiger charge is 2.21. The highest BCUT2D eigenvalue weighted by Crippen LogP contribution is 2.31. The molecule has 0 aliphatic rings. The lowest BCUT2D eigenvalue weighted by molar-refractivity contribution is 0.603. The molecule has 144 valence electrons. The predicted molar refractivity (Wildman–Crippen MR) is 120 cm³/mol. The number of hydrogen-bond donors (Lipinski definition) is 0. The van der Waals surface area contributed by atoms with E-state index in [9.17, 15) is 13.7 Å². The van der Waals surface area contributed by atoms with Crippen LogP contribution in [0.1, 0.15) is 12.5 Å². The first-order valence-electron chi connectivity index (χ1n) is 9.09. The van der Waals surface area contributed by atoms with E-state index in [2.05, 4.69) is 39.6 Å². The lowest BCUT2D eigenvalue weighted by Crippen LogP contribution is -2.03. The fourth-order valence-corrected chi connectivity index (χ4v) is 4.99. The second-order valence-electron chi connectivity index (χ2n) is 6.62. The van der Waals surface area contributed by atoms with E-state index in [0.29, 0.717) is 5.56 Å². The smallest absolute Gasteiger partial charge is 0.216 e. The van der Waals surface area contributed by atoms with Crippen molar-refractivity contribution in [2.24, 2.45) is 0 Å². The molecule has 0 N–H and O–H groups in total. The second-order valence-corrected chi connectivity index (χ2v) is 9.45. The summed E-state index contributed by atoms with van der Waals surface area (Å²) in [5, 5.41) is 11.7. The molecule has 0 fully saturated rings. The van der Waals surface area contributed by atoms with Crippen LogP contribution in [0.25, 0.3) is 27.9 Å². The van der Waals surface area contributed by atoms with Crippen LogP contribution in [0.4, 0.5) is 0 Å². The van der Waals surface area contributed by atoms with Gasteiger partial charge in [-0.15, -0.1) is 0 Å². The average molecular weight is 465 g/mol. The third-order valence-electron chi connectivity index (χ3n) is 4.93. The van der Waals surface area contributed by atoms with Crippen molar-refractivity contribution in [3.8, 4) is 6.07 Å². The van der Waals surface area contributed by atoms with Crippen LogP contribution >= 0.6 is 15.9 Å². The molecule has 0 aliphatic carbocycles. The molecule has 0 amide bonds. The molecular weight excluding hydrogens is 448 g/mol. The summed E-state index contributed by atoms with van der Waals surface area (Å²) in [5.41, 5.74) is 2.89. The summed E-state index contributed by atoms with van der Waals surface area (Å²) >= 11 is 3.29. The number of aryl methyl sites for hydroxylation is 1. The molecule has 0 radical (unpaired) electrons. The van der Waals surface area contributed by atoms with E-state index in [0.717, 1.165) is 32.8 Å². The van der Waals surface area contributed by atoms with E-state index < -0.39 is 9.84 Å². The van der Waals surface area contributed by atoms with E-state index in [4.69, 9.17) is 0 Å². The van der Waals surface area contributed by atoms with Crippen LogP contribution in [-0.4, -0.2) is 13.0 Å². The maximum Gasteiger partial charge on any atom is 0.216 e. The normalized spacial score (nSPS) is 12.4. The van der Waals surface area contributed by atoms with Crippen LogP contribution < -0.4 is 0 Å². The van der Waals surface area contributed by atoms with Gasteiger partial charge < -0.3 is 4.57 Å². The zero-order chi connectivity index (χ0) is 20.6. The Kier molecular flexibility index (Phi) is 5.03. The molecule has 1 heterocycles. The molecule has 0 unspecified atom stereocenters. The largest absolute Gasteiger partial charge is 0.341 e. The number of nitriles is 1. The number of sulfone groups is 1. The predicted octanol–water partition coefficient (Wildman–Crippen LogP) is 5.92. The summed E-state index contributed by atoms with van der Waals surface area (Å²) < 4.78 is 28.8. The third kappa shape index (κ3) is 3.37. The summed E-state index contributed by atoms with van der Waals surface area (Å²) in [6.07, 6.45) is 1.44. The molecule has 0 spiro atoms. The first-order chi connectivity index (χ1) is 14.0. The van der Waals surface area contributed by atoms with Gasteiger partial charge in [0.1, 0.15) is 11.0 Å². The Hall–Kier alpha value is -2.88. The Morgan fingerprint density at radius 1 is 1.03 bits per heavy atom. The van der Waals surface area contributed by atoms with Gasteiger partial charge in [-0.25, -0.2) is 8.42 Å². The first kappa shape index (κ1) is 19.4. The van der Waals surface area contributed by atoms with Gasteiger partial charge in [0.2, 0.25) is 9.84 Å². The van der Waals surface area contributed by atoms with Gasteiger partial charge in [0.25, 0.3) is 0 Å². The third-order valence-corrected chi connectivity index (χ3v) is 7.14. The van der Waals surface area contributed by atoms with Crippen LogP contribution in [-0.2, 0) is 16.4 Å². The molecule has 0 saturated carbocycles. The lowest BCUT2D eigenvalue weighted by atomic mass is 10.1. The van der Waals surface area contributed by atoms with Gasteiger partial charge in [-0.05, 0) is 61.0 Å². The van der Waals surface area contributed by atoms with Crippen LogP contribution in [0.2, 0.25) is 0 Å². The average Bonchev–Trinajstić information content (AvgIpc) is 3.05. The highest BCUT2D eigenvalue weighted by molar-refractivity contribution is 9.10. The Morgan fingerprint density at radius 2 is 1.72 bits per heavy atom. The number of halogens is 1. The van der Waals surface area contributed by atoms with Crippen LogP contribution in [0.15, 0.2) is 81.0 Å². The minimum atomic E-state index is -3.89. The molecule has 0 saturated heterocycles. The zero-order valence-corrected chi connectivity index (χ0v) is 18.0. The Morgan fingerprint density at radius 3 is 2.41 bits per heavy atom. The highest BCUT2D eigenvalue weighted by atomic mass is 79.9. The van der Waals surface area contributed by atoms with Crippen molar-refractivity contribution < 1.29 is 8.42 Å². The minimum Gasteiger partial charge on any atom is -0.341 e. The Bertz CT molecular complexity index is 1410. The second kappa shape index (κ2) is 7.51. The summed E-state index contributed by atoms with van der Waals surface area (Å²) in [4.78, 5) is -0.185. The van der Waals surface area contributed by atoms with Crippen molar-refractivity contribution in [2.45, 2.75) is 18.4 Å². The molecular formula is C23H17BrN2O2S. The molecule has 0 atom stereocenters. The van der Waals surface area contributed by atoms with Crippen LogP contribution in [0.3, 0.4) is 0 Å². The standard InChI is InChI=1S/C23H17BrN2O2S/c1-2-26-22-6-4-3-5-20(22)21-14-16(7-12-23(21)26)13-19(15-25)29(27,28)18-10-8-17(24)9-11-18/h3-14H,2H2,1H3/b19-13+. The number of allylic oxidation sites excluding steroid dienone is 1. The van der Waals surface area contributed by atoms with Gasteiger partial charge >= 0.3 is 0 Å². The van der Waals surface area contributed by atoms with Gasteiger partial charge in [0, 0.05) is 32.8 Å². The molecule has 1 aromatic heterocycles. The fraction of sp³-hybridized carbons (Fsp3) is 0.0870. The molecule has 0 aliphatic heterocycles. The monoisotopic (exact) mass is 464 g/mol. The van der Waals surface area contributed by atoms with Crippen LogP contribution in [0, 0.1) is 11.3 Å². The van der Waals surface area contributed by atoms with E-state index in [-0.39, 0.29) is 9.80 Å². The molecule has 3 aromatic carbocycles. The van der Waals surface area contributed by atoms with Gasteiger partial charge in [-0.2, -0.15) is 5.26 Å². The number of para-hydroxylation sites is 1. The van der Waals surface area contributed by atoms with Crippen molar-refractivity contribution >= 4 is 53.6 Å². The van der Waals surface area contributed by atoms with Gasteiger partial charge in [-0.3, -0.25) is 0 Å². The Balaban J connectivity index is 1.87. The minimum absolute atomic E-state index is 0.0946. The molecule has 6 heteroatoms. The zero-order valence-electron chi connectivity index (χ0n) is 15.6. The quantitative estimate of drug-likeness (QED) is 0.352. The summed E-state index contributed by atoms with van der Waals surface area (Å²) in [6.45, 7) is 2.93. The van der Waals surface area contributed by atoms with E-state index >= 15 is 0 Å². The molecule has 29 heavy (non-hydrogen) atoms. The number of nitrogens with zero attached hydrogens (tertiary/aromatic N) is 2. The molecule has 4 aromatic rings. The summed E-state index contributed by atoms with van der Waals surface area (Å²) in [7, 11) is -3.89. The topological polar surface area (TPSA) is 62.9 Å². The first-order valence-corrected chi connectivity index (χ1v) is 11.4. The summed E-state index contributed by atoms with van der Waals surface area (Å²) in [6, 6.07) is 22.0. The molecule has 4 rings (SSSR count). The lowest BCUT2D eigenvalue weighted by Gasteiger charge is -2.05. The Labute approximate surface area is 177 Å². The number of benzene rings is 3. The van der Waals surface area contributed by atoms with Crippen molar-refractivity contribution in [2.75, 3.05) is 0 Å². The van der Waals surface area contributed by atoms with E-state index in [1.54, 1.807) is 12.1 Å². The number of rotatable bonds is 4. The molecule has 4 nitrogen and oxygen atoms in total. The summed E-state index contributed by atoms with van der Waals surface area (Å²) in [5.74, 6) is 0. The van der Waals surface area contributed by atoms with E-state index in [1.807, 2.05) is 36.4 Å². The number of hydrogen-bond acceptors (Lipinski definition) is 3. The van der Waals surface area contributed by atoms with Crippen molar-refractivity contribution in [3.63, 3.8) is 0 Å². The van der Waals surface area contributed by atoms with Gasteiger partial charge in [-0.1, -0.05) is 40.2 Å². The van der Waals surface area contributed by atoms with Gasteiger partial charge in [0.05, 0.1) is 4.90 Å². The SMILES string of the molecule is CCn1c2ccccc2c2cc(/C=C(\C#N)S(=O)(=O)c3ccc(Br)cc3)ccc21. The maximum atomic E-state index is 12.9. The van der Waals surface area contributed by atoms with E-state index in [1.165, 1.54) is 18.2 Å². The number of aromatic nitrogens is 1. The fourth-order valence-electron chi connectivity index (χ4n) is 3.56. The number of fused-ring (bicyclic) bond motifs is 3. The van der Waals surface area contributed by atoms with Crippen LogP contribution in [0.5, 0.6) is 0 Å². The molecule has 0 bridgehead atoms. The maximum absolute atomic E-state index is 12.9.